The first-order valence-corrected chi connectivity index (χ1v) is 21.7. The van der Waals surface area contributed by atoms with Gasteiger partial charge in [-0.3, -0.25) is 0 Å². The summed E-state index contributed by atoms with van der Waals surface area (Å²) >= 11 is 0. The molecule has 0 aromatic heterocycles. The highest BCUT2D eigenvalue weighted by Crippen LogP contribution is 2.46. The van der Waals surface area contributed by atoms with Crippen molar-refractivity contribution in [3.8, 4) is 66.8 Å². The summed E-state index contributed by atoms with van der Waals surface area (Å²) in [5.74, 6) is 0. The standard InChI is InChI=1S/C62H43N/c1-6-18-46(19-7-1)55-40-34-50(42-59(55)47-20-8-2-9-21-47)44-30-36-53(37-31-44)63(52-26-14-5-15-27-52)54-38-32-45(33-39-54)51-35-41-58-60(43-51)56-28-16-17-29-57(56)61(48-22-10-3-11-23-48)62(58)49-24-12-4-13-25-49/h1-43H. The Morgan fingerprint density at radius 3 is 1.08 bits per heavy atom. The lowest BCUT2D eigenvalue weighted by Crippen LogP contribution is -2.09. The highest BCUT2D eigenvalue weighted by atomic mass is 15.1. The maximum atomic E-state index is 2.39. The van der Waals surface area contributed by atoms with Crippen LogP contribution < -0.4 is 4.90 Å². The molecule has 0 amide bonds. The van der Waals surface area contributed by atoms with Crippen LogP contribution in [-0.4, -0.2) is 0 Å². The Hall–Kier alpha value is -8.26. The number of hydrogen-bond donors (Lipinski definition) is 0. The molecule has 0 atom stereocenters. The third-order valence-corrected chi connectivity index (χ3v) is 12.3. The van der Waals surface area contributed by atoms with Gasteiger partial charge in [-0.1, -0.05) is 212 Å². The van der Waals surface area contributed by atoms with Crippen LogP contribution in [0.3, 0.4) is 0 Å². The molecule has 0 heterocycles. The molecule has 63 heavy (non-hydrogen) atoms. The van der Waals surface area contributed by atoms with Gasteiger partial charge < -0.3 is 4.90 Å². The first-order chi connectivity index (χ1) is 31.3. The Morgan fingerprint density at radius 2 is 0.556 bits per heavy atom. The van der Waals surface area contributed by atoms with Crippen LogP contribution >= 0.6 is 0 Å². The second-order valence-corrected chi connectivity index (χ2v) is 16.0. The summed E-state index contributed by atoms with van der Waals surface area (Å²) in [6.45, 7) is 0. The summed E-state index contributed by atoms with van der Waals surface area (Å²) in [5.41, 5.74) is 17.9. The number of para-hydroxylation sites is 1. The summed E-state index contributed by atoms with van der Waals surface area (Å²) in [6, 6.07) is 94.4. The van der Waals surface area contributed by atoms with Gasteiger partial charge in [0, 0.05) is 17.1 Å². The van der Waals surface area contributed by atoms with Crippen molar-refractivity contribution >= 4 is 38.6 Å². The highest BCUT2D eigenvalue weighted by molar-refractivity contribution is 6.22. The van der Waals surface area contributed by atoms with Crippen molar-refractivity contribution in [2.45, 2.75) is 0 Å². The molecule has 0 spiro atoms. The third-order valence-electron chi connectivity index (χ3n) is 12.3. The van der Waals surface area contributed by atoms with Crippen LogP contribution in [0.2, 0.25) is 0 Å². The Balaban J connectivity index is 0.966. The average Bonchev–Trinajstić information content (AvgIpc) is 3.37. The molecule has 0 N–H and O–H groups in total. The number of anilines is 3. The molecule has 0 saturated heterocycles. The lowest BCUT2D eigenvalue weighted by atomic mass is 9.84. The molecule has 0 saturated carbocycles. The van der Waals surface area contributed by atoms with Gasteiger partial charge in [-0.15, -0.1) is 0 Å². The Morgan fingerprint density at radius 1 is 0.190 bits per heavy atom. The molecule has 11 aromatic carbocycles. The van der Waals surface area contributed by atoms with Gasteiger partial charge in [0.25, 0.3) is 0 Å². The van der Waals surface area contributed by atoms with Crippen LogP contribution in [0.1, 0.15) is 0 Å². The van der Waals surface area contributed by atoms with Gasteiger partial charge in [0.2, 0.25) is 0 Å². The van der Waals surface area contributed by atoms with Crippen LogP contribution in [0.4, 0.5) is 17.1 Å². The largest absolute Gasteiger partial charge is 0.311 e. The molecule has 0 unspecified atom stereocenters. The molecule has 11 aromatic rings. The molecule has 0 fully saturated rings. The van der Waals surface area contributed by atoms with E-state index in [0.29, 0.717) is 0 Å². The number of fused-ring (bicyclic) bond motifs is 3. The van der Waals surface area contributed by atoms with Gasteiger partial charge in [0.1, 0.15) is 0 Å². The number of benzene rings is 11. The fourth-order valence-corrected chi connectivity index (χ4v) is 9.26. The van der Waals surface area contributed by atoms with Gasteiger partial charge in [-0.25, -0.2) is 0 Å². The molecule has 0 radical (unpaired) electrons. The van der Waals surface area contributed by atoms with Gasteiger partial charge in [0.05, 0.1) is 0 Å². The minimum Gasteiger partial charge on any atom is -0.311 e. The SMILES string of the molecule is c1ccc(-c2ccc(-c3ccc(N(c4ccccc4)c4ccc(-c5ccc6c(-c7ccccc7)c(-c7ccccc7)c7ccccc7c6c5)cc4)cc3)cc2-c2ccccc2)cc1. The van der Waals surface area contributed by atoms with Crippen molar-refractivity contribution in [2.24, 2.45) is 0 Å². The summed E-state index contributed by atoms with van der Waals surface area (Å²) in [4.78, 5) is 2.34. The quantitative estimate of drug-likeness (QED) is 0.131. The number of rotatable bonds is 9. The van der Waals surface area contributed by atoms with E-state index in [9.17, 15) is 0 Å². The molecule has 1 nitrogen and oxygen atoms in total. The van der Waals surface area contributed by atoms with E-state index in [1.165, 1.54) is 88.3 Å². The zero-order valence-corrected chi connectivity index (χ0v) is 34.8. The molecule has 0 aliphatic carbocycles. The van der Waals surface area contributed by atoms with Crippen molar-refractivity contribution in [1.29, 1.82) is 0 Å². The molecule has 0 bridgehead atoms. The van der Waals surface area contributed by atoms with Crippen LogP contribution in [0.25, 0.3) is 88.3 Å². The second-order valence-electron chi connectivity index (χ2n) is 16.0. The van der Waals surface area contributed by atoms with Crippen molar-refractivity contribution in [2.75, 3.05) is 4.90 Å². The Kier molecular flexibility index (Phi) is 9.97. The molecule has 296 valence electrons. The van der Waals surface area contributed by atoms with Crippen molar-refractivity contribution < 1.29 is 0 Å². The maximum absolute atomic E-state index is 2.39. The van der Waals surface area contributed by atoms with Crippen LogP contribution in [0.5, 0.6) is 0 Å². The fraction of sp³-hybridized carbons (Fsp3) is 0. The Bertz CT molecular complexity index is 3320. The van der Waals surface area contributed by atoms with E-state index >= 15 is 0 Å². The monoisotopic (exact) mass is 801 g/mol. The minimum absolute atomic E-state index is 1.10. The number of nitrogens with zero attached hydrogens (tertiary/aromatic N) is 1. The van der Waals surface area contributed by atoms with E-state index in [0.717, 1.165) is 17.1 Å². The zero-order valence-electron chi connectivity index (χ0n) is 34.8. The summed E-state index contributed by atoms with van der Waals surface area (Å²) in [5, 5.41) is 5.02. The number of hydrogen-bond acceptors (Lipinski definition) is 1. The molecule has 0 aliphatic rings. The van der Waals surface area contributed by atoms with E-state index in [2.05, 4.69) is 266 Å². The van der Waals surface area contributed by atoms with Gasteiger partial charge in [-0.05, 0) is 137 Å². The molecule has 0 aliphatic heterocycles. The first kappa shape index (κ1) is 37.7. The van der Waals surface area contributed by atoms with Gasteiger partial charge >= 0.3 is 0 Å². The smallest absolute Gasteiger partial charge is 0.0462 e. The third kappa shape index (κ3) is 7.26. The van der Waals surface area contributed by atoms with Crippen molar-refractivity contribution in [1.82, 2.24) is 0 Å². The molecular formula is C62H43N. The van der Waals surface area contributed by atoms with E-state index in [4.69, 9.17) is 0 Å². The maximum Gasteiger partial charge on any atom is 0.0462 e. The average molecular weight is 802 g/mol. The van der Waals surface area contributed by atoms with Gasteiger partial charge in [0.15, 0.2) is 0 Å². The van der Waals surface area contributed by atoms with E-state index in [-0.39, 0.29) is 0 Å². The zero-order chi connectivity index (χ0) is 42.0. The predicted octanol–water partition coefficient (Wildman–Crippen LogP) is 17.5. The normalized spacial score (nSPS) is 11.2. The molecule has 11 rings (SSSR count). The fourth-order valence-electron chi connectivity index (χ4n) is 9.26. The lowest BCUT2D eigenvalue weighted by molar-refractivity contribution is 1.28. The van der Waals surface area contributed by atoms with Crippen LogP contribution in [-0.2, 0) is 0 Å². The van der Waals surface area contributed by atoms with E-state index < -0.39 is 0 Å². The lowest BCUT2D eigenvalue weighted by Gasteiger charge is -2.26. The van der Waals surface area contributed by atoms with Crippen molar-refractivity contribution in [3.63, 3.8) is 0 Å². The predicted molar refractivity (Wildman–Crippen MR) is 269 cm³/mol. The Labute approximate surface area is 369 Å². The summed E-state index contributed by atoms with van der Waals surface area (Å²) < 4.78 is 0. The van der Waals surface area contributed by atoms with E-state index in [1.54, 1.807) is 0 Å². The first-order valence-electron chi connectivity index (χ1n) is 21.7. The summed E-state index contributed by atoms with van der Waals surface area (Å²) in [6.07, 6.45) is 0. The minimum atomic E-state index is 1.10. The topological polar surface area (TPSA) is 3.24 Å². The van der Waals surface area contributed by atoms with Gasteiger partial charge in [-0.2, -0.15) is 0 Å². The van der Waals surface area contributed by atoms with Crippen LogP contribution in [0, 0.1) is 0 Å². The van der Waals surface area contributed by atoms with E-state index in [1.807, 2.05) is 0 Å². The second kappa shape index (κ2) is 16.7. The highest BCUT2D eigenvalue weighted by Gasteiger charge is 2.19. The molecule has 1 heteroatoms. The summed E-state index contributed by atoms with van der Waals surface area (Å²) in [7, 11) is 0. The van der Waals surface area contributed by atoms with Crippen LogP contribution in [0.15, 0.2) is 261 Å². The van der Waals surface area contributed by atoms with Crippen molar-refractivity contribution in [3.05, 3.63) is 261 Å². The molecular weight excluding hydrogens is 759 g/mol.